The van der Waals surface area contributed by atoms with Crippen LogP contribution in [0.25, 0.3) is 0 Å². The Hall–Kier alpha value is -1.42. The SMILES string of the molecule is CC(=O)Nc1cc(C)c(O)c(Cl)c1O. The summed E-state index contributed by atoms with van der Waals surface area (Å²) in [5.74, 6) is -0.829. The molecule has 1 aromatic carbocycles. The molecular weight excluding hydrogens is 206 g/mol. The molecule has 0 aliphatic carbocycles. The van der Waals surface area contributed by atoms with Gasteiger partial charge in [0.25, 0.3) is 0 Å². The fourth-order valence-corrected chi connectivity index (χ4v) is 1.29. The van der Waals surface area contributed by atoms with E-state index >= 15 is 0 Å². The molecule has 0 saturated carbocycles. The van der Waals surface area contributed by atoms with Gasteiger partial charge in [-0.1, -0.05) is 11.6 Å². The third-order valence-corrected chi connectivity index (χ3v) is 2.07. The van der Waals surface area contributed by atoms with Gasteiger partial charge in [-0.05, 0) is 18.6 Å². The molecule has 0 aliphatic heterocycles. The van der Waals surface area contributed by atoms with Gasteiger partial charge in [0.15, 0.2) is 5.75 Å². The molecule has 76 valence electrons. The van der Waals surface area contributed by atoms with Crippen molar-refractivity contribution in [3.8, 4) is 11.5 Å². The summed E-state index contributed by atoms with van der Waals surface area (Å²) in [6.45, 7) is 2.93. The van der Waals surface area contributed by atoms with E-state index in [1.807, 2.05) is 0 Å². The Morgan fingerprint density at radius 3 is 2.50 bits per heavy atom. The molecule has 0 atom stereocenters. The maximum Gasteiger partial charge on any atom is 0.221 e. The topological polar surface area (TPSA) is 69.6 Å². The van der Waals surface area contributed by atoms with Gasteiger partial charge in [-0.25, -0.2) is 0 Å². The summed E-state index contributed by atoms with van der Waals surface area (Å²) in [5, 5.41) is 21.0. The Labute approximate surface area is 86.1 Å². The van der Waals surface area contributed by atoms with Gasteiger partial charge < -0.3 is 15.5 Å². The molecule has 1 rings (SSSR count). The Balaban J connectivity index is 3.25. The minimum atomic E-state index is -0.329. The van der Waals surface area contributed by atoms with Gasteiger partial charge in [-0.3, -0.25) is 4.79 Å². The first-order chi connectivity index (χ1) is 6.43. The smallest absolute Gasteiger partial charge is 0.221 e. The minimum absolute atomic E-state index is 0.159. The molecule has 0 radical (unpaired) electrons. The molecule has 0 spiro atoms. The average molecular weight is 216 g/mol. The zero-order chi connectivity index (χ0) is 10.9. The average Bonchev–Trinajstić information content (AvgIpc) is 2.10. The van der Waals surface area contributed by atoms with Crippen molar-refractivity contribution in [1.82, 2.24) is 0 Å². The lowest BCUT2D eigenvalue weighted by molar-refractivity contribution is -0.114. The molecule has 14 heavy (non-hydrogen) atoms. The molecular formula is C9H10ClNO3. The Kier molecular flexibility index (Phi) is 2.86. The first-order valence-corrected chi connectivity index (χ1v) is 4.30. The Morgan fingerprint density at radius 2 is 2.00 bits per heavy atom. The molecule has 0 unspecified atom stereocenters. The van der Waals surface area contributed by atoms with Crippen molar-refractivity contribution in [2.45, 2.75) is 13.8 Å². The first-order valence-electron chi connectivity index (χ1n) is 3.92. The number of phenols is 2. The number of aromatic hydroxyl groups is 2. The molecule has 0 aliphatic rings. The predicted molar refractivity (Wildman–Crippen MR) is 53.8 cm³/mol. The first kappa shape index (κ1) is 10.7. The van der Waals surface area contributed by atoms with E-state index in [2.05, 4.69) is 5.32 Å². The molecule has 0 fully saturated rings. The number of aryl methyl sites for hydroxylation is 1. The highest BCUT2D eigenvalue weighted by atomic mass is 35.5. The number of hydrogen-bond donors (Lipinski definition) is 3. The molecule has 0 heterocycles. The number of amides is 1. The van der Waals surface area contributed by atoms with Crippen LogP contribution in [0.15, 0.2) is 6.07 Å². The zero-order valence-corrected chi connectivity index (χ0v) is 8.51. The zero-order valence-electron chi connectivity index (χ0n) is 7.76. The number of carbonyl (C=O) groups excluding carboxylic acids is 1. The van der Waals surface area contributed by atoms with Crippen LogP contribution in [0.5, 0.6) is 11.5 Å². The number of benzene rings is 1. The highest BCUT2D eigenvalue weighted by Crippen LogP contribution is 2.40. The quantitative estimate of drug-likeness (QED) is 0.496. The van der Waals surface area contributed by atoms with Crippen LogP contribution in [0.1, 0.15) is 12.5 Å². The number of carbonyl (C=O) groups is 1. The predicted octanol–water partition coefficient (Wildman–Crippen LogP) is 2.02. The molecule has 5 heteroatoms. The second-order valence-electron chi connectivity index (χ2n) is 2.93. The van der Waals surface area contributed by atoms with E-state index in [0.717, 1.165) is 0 Å². The highest BCUT2D eigenvalue weighted by molar-refractivity contribution is 6.34. The van der Waals surface area contributed by atoms with Crippen molar-refractivity contribution in [3.63, 3.8) is 0 Å². The molecule has 4 nitrogen and oxygen atoms in total. The van der Waals surface area contributed by atoms with E-state index in [1.54, 1.807) is 6.92 Å². The van der Waals surface area contributed by atoms with Crippen molar-refractivity contribution in [2.75, 3.05) is 5.32 Å². The van der Waals surface area contributed by atoms with Crippen LogP contribution in [0.3, 0.4) is 0 Å². The van der Waals surface area contributed by atoms with Gasteiger partial charge in [0.2, 0.25) is 5.91 Å². The van der Waals surface area contributed by atoms with Crippen molar-refractivity contribution >= 4 is 23.2 Å². The van der Waals surface area contributed by atoms with Gasteiger partial charge in [0.1, 0.15) is 10.8 Å². The summed E-state index contributed by atoms with van der Waals surface area (Å²) in [6.07, 6.45) is 0. The number of nitrogens with one attached hydrogen (secondary N) is 1. The lowest BCUT2D eigenvalue weighted by atomic mass is 10.2. The number of hydrogen-bond acceptors (Lipinski definition) is 3. The fraction of sp³-hybridized carbons (Fsp3) is 0.222. The van der Waals surface area contributed by atoms with Crippen LogP contribution in [-0.2, 0) is 4.79 Å². The van der Waals surface area contributed by atoms with Crippen molar-refractivity contribution in [1.29, 1.82) is 0 Å². The van der Waals surface area contributed by atoms with E-state index in [0.29, 0.717) is 5.56 Å². The van der Waals surface area contributed by atoms with Crippen LogP contribution < -0.4 is 5.32 Å². The number of halogens is 1. The summed E-state index contributed by atoms with van der Waals surface area (Å²) in [4.78, 5) is 10.7. The highest BCUT2D eigenvalue weighted by Gasteiger charge is 2.13. The van der Waals surface area contributed by atoms with Gasteiger partial charge in [0.05, 0.1) is 5.69 Å². The number of phenolic OH excluding ortho intramolecular Hbond substituents is 2. The van der Waals surface area contributed by atoms with E-state index in [-0.39, 0.29) is 28.1 Å². The fourth-order valence-electron chi connectivity index (χ4n) is 1.04. The van der Waals surface area contributed by atoms with E-state index in [4.69, 9.17) is 11.6 Å². The van der Waals surface area contributed by atoms with E-state index < -0.39 is 0 Å². The standard InChI is InChI=1S/C9H10ClNO3/c1-4-3-6(11-5(2)12)9(14)7(10)8(4)13/h3,13-14H,1-2H3,(H,11,12). The van der Waals surface area contributed by atoms with Gasteiger partial charge in [-0.2, -0.15) is 0 Å². The van der Waals surface area contributed by atoms with Gasteiger partial charge >= 0.3 is 0 Å². The van der Waals surface area contributed by atoms with Crippen LogP contribution in [0.4, 0.5) is 5.69 Å². The summed E-state index contributed by atoms with van der Waals surface area (Å²) >= 11 is 5.62. The lowest BCUT2D eigenvalue weighted by Crippen LogP contribution is -2.06. The summed E-state index contributed by atoms with van der Waals surface area (Å²) in [7, 11) is 0. The van der Waals surface area contributed by atoms with Crippen molar-refractivity contribution < 1.29 is 15.0 Å². The largest absolute Gasteiger partial charge is 0.506 e. The van der Waals surface area contributed by atoms with Crippen molar-refractivity contribution in [3.05, 3.63) is 16.7 Å². The molecule has 1 aromatic rings. The minimum Gasteiger partial charge on any atom is -0.506 e. The molecule has 0 saturated heterocycles. The maximum atomic E-state index is 10.7. The van der Waals surface area contributed by atoms with Gasteiger partial charge in [-0.15, -0.1) is 0 Å². The summed E-state index contributed by atoms with van der Waals surface area (Å²) in [6, 6.07) is 1.44. The van der Waals surface area contributed by atoms with Crippen LogP contribution in [0.2, 0.25) is 5.02 Å². The second-order valence-corrected chi connectivity index (χ2v) is 3.31. The van der Waals surface area contributed by atoms with Crippen LogP contribution in [-0.4, -0.2) is 16.1 Å². The van der Waals surface area contributed by atoms with Gasteiger partial charge in [0, 0.05) is 6.92 Å². The third kappa shape index (κ3) is 1.90. The van der Waals surface area contributed by atoms with E-state index in [1.165, 1.54) is 13.0 Å². The molecule has 1 amide bonds. The molecule has 3 N–H and O–H groups in total. The second kappa shape index (κ2) is 3.75. The molecule has 0 aromatic heterocycles. The number of anilines is 1. The van der Waals surface area contributed by atoms with Crippen molar-refractivity contribution in [2.24, 2.45) is 0 Å². The lowest BCUT2D eigenvalue weighted by Gasteiger charge is -2.09. The summed E-state index contributed by atoms with van der Waals surface area (Å²) in [5.41, 5.74) is 0.675. The normalized spacial score (nSPS) is 9.93. The maximum absolute atomic E-state index is 10.7. The van der Waals surface area contributed by atoms with Crippen LogP contribution in [0, 0.1) is 6.92 Å². The molecule has 0 bridgehead atoms. The third-order valence-electron chi connectivity index (χ3n) is 1.72. The monoisotopic (exact) mass is 215 g/mol. The summed E-state index contributed by atoms with van der Waals surface area (Å²) < 4.78 is 0. The van der Waals surface area contributed by atoms with Crippen LogP contribution >= 0.6 is 11.6 Å². The van der Waals surface area contributed by atoms with E-state index in [9.17, 15) is 15.0 Å². The Morgan fingerprint density at radius 1 is 1.43 bits per heavy atom. The Bertz CT molecular complexity index is 390. The number of rotatable bonds is 1.